The van der Waals surface area contributed by atoms with Gasteiger partial charge in [-0.15, -0.1) is 11.8 Å². The van der Waals surface area contributed by atoms with Gasteiger partial charge in [-0.3, -0.25) is 4.79 Å². The SMILES string of the molecule is COc1cccc2c1OCC(C(=O)N(C)Cc1cccc(SC)c1)C2. The summed E-state index contributed by atoms with van der Waals surface area (Å²) in [5.41, 5.74) is 2.17. The zero-order valence-corrected chi connectivity index (χ0v) is 15.6. The highest BCUT2D eigenvalue weighted by molar-refractivity contribution is 7.98. The minimum atomic E-state index is -0.159. The average Bonchev–Trinajstić information content (AvgIpc) is 2.66. The molecule has 25 heavy (non-hydrogen) atoms. The van der Waals surface area contributed by atoms with E-state index in [4.69, 9.17) is 9.47 Å². The molecule has 2 aromatic carbocycles. The number of carbonyl (C=O) groups excluding carboxylic acids is 1. The zero-order valence-electron chi connectivity index (χ0n) is 14.8. The lowest BCUT2D eigenvalue weighted by Gasteiger charge is -2.29. The minimum absolute atomic E-state index is 0.114. The number of nitrogens with zero attached hydrogens (tertiary/aromatic N) is 1. The largest absolute Gasteiger partial charge is 0.493 e. The molecule has 1 aliphatic heterocycles. The van der Waals surface area contributed by atoms with Crippen molar-refractivity contribution in [3.63, 3.8) is 0 Å². The van der Waals surface area contributed by atoms with Crippen molar-refractivity contribution in [3.8, 4) is 11.5 Å². The number of hydrogen-bond donors (Lipinski definition) is 0. The van der Waals surface area contributed by atoms with E-state index in [1.807, 2.05) is 31.3 Å². The van der Waals surface area contributed by atoms with Gasteiger partial charge in [0.15, 0.2) is 11.5 Å². The van der Waals surface area contributed by atoms with Crippen LogP contribution in [0.5, 0.6) is 11.5 Å². The Kier molecular flexibility index (Phi) is 5.53. The van der Waals surface area contributed by atoms with Crippen LogP contribution in [-0.4, -0.2) is 37.8 Å². The molecule has 0 saturated heterocycles. The number of ether oxygens (including phenoxy) is 2. The van der Waals surface area contributed by atoms with Gasteiger partial charge in [0.05, 0.1) is 13.0 Å². The highest BCUT2D eigenvalue weighted by Crippen LogP contribution is 2.36. The van der Waals surface area contributed by atoms with Crippen LogP contribution < -0.4 is 9.47 Å². The van der Waals surface area contributed by atoms with Gasteiger partial charge in [-0.25, -0.2) is 0 Å². The van der Waals surface area contributed by atoms with E-state index in [0.717, 1.165) is 22.6 Å². The molecule has 0 aromatic heterocycles. The number of amides is 1. The molecule has 0 radical (unpaired) electrons. The maximum atomic E-state index is 12.8. The van der Waals surface area contributed by atoms with Crippen molar-refractivity contribution < 1.29 is 14.3 Å². The van der Waals surface area contributed by atoms with Gasteiger partial charge in [0.25, 0.3) is 0 Å². The first-order valence-electron chi connectivity index (χ1n) is 8.29. The molecule has 4 nitrogen and oxygen atoms in total. The molecule has 5 heteroatoms. The predicted octanol–water partition coefficient (Wildman–Crippen LogP) is 3.63. The summed E-state index contributed by atoms with van der Waals surface area (Å²) >= 11 is 1.71. The summed E-state index contributed by atoms with van der Waals surface area (Å²) in [5.74, 6) is 1.45. The Hall–Kier alpha value is -2.14. The van der Waals surface area contributed by atoms with Crippen molar-refractivity contribution in [3.05, 3.63) is 53.6 Å². The number of carbonyl (C=O) groups is 1. The Morgan fingerprint density at radius 3 is 2.88 bits per heavy atom. The van der Waals surface area contributed by atoms with Gasteiger partial charge in [0, 0.05) is 18.5 Å². The highest BCUT2D eigenvalue weighted by Gasteiger charge is 2.29. The van der Waals surface area contributed by atoms with Crippen LogP contribution in [0.15, 0.2) is 47.4 Å². The molecule has 0 bridgehead atoms. The number of methoxy groups -OCH3 is 1. The summed E-state index contributed by atoms with van der Waals surface area (Å²) in [6, 6.07) is 14.1. The van der Waals surface area contributed by atoms with Crippen LogP contribution >= 0.6 is 11.8 Å². The third-order valence-electron chi connectivity index (χ3n) is 4.45. The summed E-state index contributed by atoms with van der Waals surface area (Å²) in [7, 11) is 3.49. The first-order chi connectivity index (χ1) is 12.1. The van der Waals surface area contributed by atoms with Gasteiger partial charge in [0.1, 0.15) is 6.61 Å². The van der Waals surface area contributed by atoms with E-state index >= 15 is 0 Å². The smallest absolute Gasteiger partial charge is 0.229 e. The molecule has 1 unspecified atom stereocenters. The van der Waals surface area contributed by atoms with Crippen molar-refractivity contribution in [2.24, 2.45) is 5.92 Å². The molecule has 0 saturated carbocycles. The number of thioether (sulfide) groups is 1. The maximum Gasteiger partial charge on any atom is 0.229 e. The summed E-state index contributed by atoms with van der Waals surface area (Å²) in [6.07, 6.45) is 2.74. The minimum Gasteiger partial charge on any atom is -0.493 e. The van der Waals surface area contributed by atoms with Crippen LogP contribution in [0.4, 0.5) is 0 Å². The molecule has 0 aliphatic carbocycles. The average molecular weight is 357 g/mol. The molecule has 2 aromatic rings. The quantitative estimate of drug-likeness (QED) is 0.766. The second-order valence-electron chi connectivity index (χ2n) is 6.21. The lowest BCUT2D eigenvalue weighted by Crippen LogP contribution is -2.38. The summed E-state index contributed by atoms with van der Waals surface area (Å²) in [4.78, 5) is 15.8. The lowest BCUT2D eigenvalue weighted by molar-refractivity contribution is -0.136. The molecular formula is C20H23NO3S. The molecule has 0 fully saturated rings. The van der Waals surface area contributed by atoms with Crippen molar-refractivity contribution in [1.29, 1.82) is 0 Å². The van der Waals surface area contributed by atoms with Crippen LogP contribution in [0.3, 0.4) is 0 Å². The molecule has 0 spiro atoms. The van der Waals surface area contributed by atoms with Crippen molar-refractivity contribution >= 4 is 17.7 Å². The van der Waals surface area contributed by atoms with E-state index in [1.54, 1.807) is 23.8 Å². The molecule has 1 heterocycles. The standard InChI is InChI=1S/C20H23NO3S/c1-21(12-14-6-4-8-17(10-14)25-3)20(22)16-11-15-7-5-9-18(23-2)19(15)24-13-16/h4-10,16H,11-13H2,1-3H3. The second kappa shape index (κ2) is 7.83. The van der Waals surface area contributed by atoms with E-state index in [1.165, 1.54) is 4.90 Å². The van der Waals surface area contributed by atoms with Crippen LogP contribution in [0.1, 0.15) is 11.1 Å². The van der Waals surface area contributed by atoms with Crippen LogP contribution in [0.2, 0.25) is 0 Å². The van der Waals surface area contributed by atoms with Gasteiger partial charge in [-0.05, 0) is 42.0 Å². The molecule has 1 amide bonds. The summed E-state index contributed by atoms with van der Waals surface area (Å²) in [5, 5.41) is 0. The Bertz CT molecular complexity index is 762. The normalized spacial score (nSPS) is 15.9. The highest BCUT2D eigenvalue weighted by atomic mass is 32.2. The zero-order chi connectivity index (χ0) is 17.8. The van der Waals surface area contributed by atoms with Crippen molar-refractivity contribution in [1.82, 2.24) is 4.90 Å². The Morgan fingerprint density at radius 2 is 2.12 bits per heavy atom. The maximum absolute atomic E-state index is 12.8. The molecule has 132 valence electrons. The van der Waals surface area contributed by atoms with Gasteiger partial charge >= 0.3 is 0 Å². The number of fused-ring (bicyclic) bond motifs is 1. The third kappa shape index (κ3) is 3.93. The fraction of sp³-hybridized carbons (Fsp3) is 0.350. The monoisotopic (exact) mass is 357 g/mol. The Labute approximate surface area is 153 Å². The molecular weight excluding hydrogens is 334 g/mol. The van der Waals surface area contributed by atoms with Gasteiger partial charge in [0.2, 0.25) is 5.91 Å². The lowest BCUT2D eigenvalue weighted by atomic mass is 9.95. The molecule has 3 rings (SSSR count). The van der Waals surface area contributed by atoms with Gasteiger partial charge in [-0.2, -0.15) is 0 Å². The fourth-order valence-electron chi connectivity index (χ4n) is 3.15. The first kappa shape index (κ1) is 17.7. The van der Waals surface area contributed by atoms with E-state index in [-0.39, 0.29) is 11.8 Å². The topological polar surface area (TPSA) is 38.8 Å². The number of benzene rings is 2. The Morgan fingerprint density at radius 1 is 1.32 bits per heavy atom. The van der Waals surface area contributed by atoms with Crippen molar-refractivity contribution in [2.45, 2.75) is 17.9 Å². The van der Waals surface area contributed by atoms with Crippen LogP contribution in [-0.2, 0) is 17.8 Å². The van der Waals surface area contributed by atoms with Crippen LogP contribution in [0, 0.1) is 5.92 Å². The molecule has 0 N–H and O–H groups in total. The summed E-state index contributed by atoms with van der Waals surface area (Å²) in [6.45, 7) is 0.996. The number of para-hydroxylation sites is 1. The van der Waals surface area contributed by atoms with E-state index in [2.05, 4.69) is 24.5 Å². The van der Waals surface area contributed by atoms with Crippen LogP contribution in [0.25, 0.3) is 0 Å². The third-order valence-corrected chi connectivity index (χ3v) is 5.18. The fourth-order valence-corrected chi connectivity index (χ4v) is 3.63. The van der Waals surface area contributed by atoms with E-state index in [9.17, 15) is 4.79 Å². The van der Waals surface area contributed by atoms with E-state index in [0.29, 0.717) is 19.6 Å². The second-order valence-corrected chi connectivity index (χ2v) is 7.09. The van der Waals surface area contributed by atoms with Gasteiger partial charge in [-0.1, -0.05) is 24.3 Å². The Balaban J connectivity index is 1.68. The number of hydrogen-bond acceptors (Lipinski definition) is 4. The molecule has 1 atom stereocenters. The molecule has 1 aliphatic rings. The summed E-state index contributed by atoms with van der Waals surface area (Å²) < 4.78 is 11.2. The predicted molar refractivity (Wildman–Crippen MR) is 100 cm³/mol. The van der Waals surface area contributed by atoms with E-state index < -0.39 is 0 Å². The van der Waals surface area contributed by atoms with Gasteiger partial charge < -0.3 is 14.4 Å². The van der Waals surface area contributed by atoms with Crippen molar-refractivity contribution in [2.75, 3.05) is 27.0 Å². The first-order valence-corrected chi connectivity index (χ1v) is 9.51. The number of rotatable bonds is 5.